The Hall–Kier alpha value is -0.980. The van der Waals surface area contributed by atoms with Crippen LogP contribution in [0.4, 0.5) is 0 Å². The summed E-state index contributed by atoms with van der Waals surface area (Å²) in [5.41, 5.74) is 3.83. The summed E-state index contributed by atoms with van der Waals surface area (Å²) >= 11 is 0. The minimum atomic E-state index is 0.682. The second-order valence-electron chi connectivity index (χ2n) is 7.90. The maximum Gasteiger partial charge on any atom is 0.127 e. The van der Waals surface area contributed by atoms with Gasteiger partial charge in [-0.2, -0.15) is 0 Å². The van der Waals surface area contributed by atoms with Crippen LogP contribution < -0.4 is 4.74 Å². The zero-order valence-corrected chi connectivity index (χ0v) is 14.2. The molecule has 119 valence electrons. The fraction of sp³-hybridized carbons (Fsp3) is 0.714. The van der Waals surface area contributed by atoms with Gasteiger partial charge in [0.2, 0.25) is 0 Å². The number of ether oxygens (including phenoxy) is 1. The van der Waals surface area contributed by atoms with Crippen molar-refractivity contribution in [2.75, 3.05) is 7.11 Å². The molecule has 0 aromatic heterocycles. The highest BCUT2D eigenvalue weighted by Gasteiger charge is 2.50. The predicted octanol–water partition coefficient (Wildman–Crippen LogP) is 5.52. The maximum atomic E-state index is 5.45. The fourth-order valence-electron chi connectivity index (χ4n) is 6.17. The van der Waals surface area contributed by atoms with Crippen molar-refractivity contribution in [3.63, 3.8) is 0 Å². The van der Waals surface area contributed by atoms with Crippen molar-refractivity contribution in [1.29, 1.82) is 0 Å². The largest absolute Gasteiger partial charge is 0.496 e. The molecule has 1 aromatic rings. The molecule has 1 aromatic carbocycles. The van der Waals surface area contributed by atoms with Crippen molar-refractivity contribution in [1.82, 2.24) is 0 Å². The van der Waals surface area contributed by atoms with E-state index in [1.807, 2.05) is 0 Å². The summed E-state index contributed by atoms with van der Waals surface area (Å²) in [6.07, 6.45) is 12.8. The number of hydrogen-bond donors (Lipinski definition) is 0. The van der Waals surface area contributed by atoms with Gasteiger partial charge in [-0.3, -0.25) is 0 Å². The van der Waals surface area contributed by atoms with Gasteiger partial charge in [-0.15, -0.1) is 0 Å². The van der Waals surface area contributed by atoms with E-state index in [0.717, 1.165) is 23.5 Å². The number of methoxy groups -OCH3 is 1. The highest BCUT2D eigenvalue weighted by Crippen LogP contribution is 2.61. The van der Waals surface area contributed by atoms with E-state index in [1.165, 1.54) is 57.8 Å². The van der Waals surface area contributed by atoms with Gasteiger partial charge >= 0.3 is 0 Å². The summed E-state index contributed by atoms with van der Waals surface area (Å²) in [6.45, 7) is 2.45. The normalized spacial score (nSPS) is 36.9. The molecule has 0 unspecified atom stereocenters. The highest BCUT2D eigenvalue weighted by molar-refractivity contribution is 5.40. The number of hydrogen-bond acceptors (Lipinski definition) is 1. The standard InChI is InChI=1S/C21H29O/c1-3-21-12-5-4-6-20(21)18-10-8-15-7-9-16(22-2)14-19(15)17(18)11-13-21/h7,14,17-18,20H,3-6,8,10-13H2,1-2H3/t17-,18+,20-,21-/m0/s1. The van der Waals surface area contributed by atoms with Crippen LogP contribution in [0, 0.1) is 23.3 Å². The molecular formula is C21H29O. The smallest absolute Gasteiger partial charge is 0.127 e. The van der Waals surface area contributed by atoms with E-state index in [0.29, 0.717) is 5.41 Å². The summed E-state index contributed by atoms with van der Waals surface area (Å²) in [6, 6.07) is 7.80. The first-order valence-corrected chi connectivity index (χ1v) is 9.36. The minimum absolute atomic E-state index is 0.682. The van der Waals surface area contributed by atoms with Gasteiger partial charge in [-0.1, -0.05) is 26.2 Å². The van der Waals surface area contributed by atoms with Crippen LogP contribution in [0.5, 0.6) is 5.75 Å². The summed E-state index contributed by atoms with van der Waals surface area (Å²) < 4.78 is 5.45. The Morgan fingerprint density at radius 3 is 2.95 bits per heavy atom. The molecule has 0 bridgehead atoms. The second-order valence-corrected chi connectivity index (χ2v) is 7.90. The first-order chi connectivity index (χ1) is 10.8. The van der Waals surface area contributed by atoms with Gasteiger partial charge in [0.25, 0.3) is 0 Å². The monoisotopic (exact) mass is 297 g/mol. The number of rotatable bonds is 2. The summed E-state index contributed by atoms with van der Waals surface area (Å²) in [5.74, 6) is 3.62. The topological polar surface area (TPSA) is 9.23 Å². The molecule has 1 nitrogen and oxygen atoms in total. The molecule has 3 aliphatic rings. The van der Waals surface area contributed by atoms with Crippen LogP contribution >= 0.6 is 0 Å². The molecule has 1 heteroatoms. The van der Waals surface area contributed by atoms with Gasteiger partial charge in [-0.05, 0) is 85.0 Å². The number of aryl methyl sites for hydroxylation is 1. The Morgan fingerprint density at radius 2 is 2.14 bits per heavy atom. The Kier molecular flexibility index (Phi) is 3.71. The van der Waals surface area contributed by atoms with Crippen LogP contribution in [0.15, 0.2) is 12.1 Å². The van der Waals surface area contributed by atoms with E-state index in [-0.39, 0.29) is 0 Å². The molecule has 0 amide bonds. The quantitative estimate of drug-likeness (QED) is 0.698. The molecule has 0 spiro atoms. The Morgan fingerprint density at radius 1 is 1.23 bits per heavy atom. The van der Waals surface area contributed by atoms with Gasteiger partial charge in [0.05, 0.1) is 7.11 Å². The van der Waals surface area contributed by atoms with Crippen molar-refractivity contribution >= 4 is 0 Å². The molecule has 3 aliphatic carbocycles. The molecule has 4 atom stereocenters. The molecule has 4 rings (SSSR count). The average molecular weight is 297 g/mol. The van der Waals surface area contributed by atoms with Crippen LogP contribution in [0.3, 0.4) is 0 Å². The Balaban J connectivity index is 1.69. The number of benzene rings is 1. The van der Waals surface area contributed by atoms with Gasteiger partial charge in [0, 0.05) is 6.07 Å². The van der Waals surface area contributed by atoms with Crippen LogP contribution in [0.2, 0.25) is 0 Å². The van der Waals surface area contributed by atoms with Gasteiger partial charge < -0.3 is 4.74 Å². The van der Waals surface area contributed by atoms with Crippen LogP contribution in [-0.4, -0.2) is 7.11 Å². The summed E-state index contributed by atoms with van der Waals surface area (Å²) in [5, 5.41) is 0. The van der Waals surface area contributed by atoms with Crippen molar-refractivity contribution in [2.24, 2.45) is 17.3 Å². The Labute approximate surface area is 135 Å². The molecular weight excluding hydrogens is 268 g/mol. The lowest BCUT2D eigenvalue weighted by molar-refractivity contribution is -0.0214. The van der Waals surface area contributed by atoms with Crippen LogP contribution in [0.1, 0.15) is 75.3 Å². The van der Waals surface area contributed by atoms with Crippen LogP contribution in [0.25, 0.3) is 0 Å². The van der Waals surface area contributed by atoms with Crippen molar-refractivity contribution in [2.45, 2.75) is 70.6 Å². The highest BCUT2D eigenvalue weighted by atomic mass is 16.5. The second kappa shape index (κ2) is 5.58. The summed E-state index contributed by atoms with van der Waals surface area (Å²) in [4.78, 5) is 0. The lowest BCUT2D eigenvalue weighted by atomic mass is 9.49. The van der Waals surface area contributed by atoms with E-state index >= 15 is 0 Å². The SMILES string of the molecule is CC[C@@]12CCCC[C@H]1[C@@H]1CCc3c[c]c(OC)cc3[C@H]1CC2. The first kappa shape index (κ1) is 14.6. The Bertz CT molecular complexity index is 549. The van der Waals surface area contributed by atoms with Crippen LogP contribution in [-0.2, 0) is 6.42 Å². The van der Waals surface area contributed by atoms with Crippen molar-refractivity contribution < 1.29 is 4.74 Å². The molecule has 2 fully saturated rings. The van der Waals surface area contributed by atoms with Crippen molar-refractivity contribution in [3.05, 3.63) is 29.3 Å². The maximum absolute atomic E-state index is 5.45. The third kappa shape index (κ3) is 2.12. The lowest BCUT2D eigenvalue weighted by Crippen LogP contribution is -2.45. The van der Waals surface area contributed by atoms with E-state index in [2.05, 4.69) is 25.1 Å². The third-order valence-electron chi connectivity index (χ3n) is 7.33. The molecule has 0 aliphatic heterocycles. The summed E-state index contributed by atoms with van der Waals surface area (Å²) in [7, 11) is 1.77. The van der Waals surface area contributed by atoms with Crippen molar-refractivity contribution in [3.8, 4) is 5.75 Å². The van der Waals surface area contributed by atoms with Gasteiger partial charge in [0.15, 0.2) is 0 Å². The molecule has 0 N–H and O–H groups in total. The first-order valence-electron chi connectivity index (χ1n) is 9.36. The molecule has 2 saturated carbocycles. The zero-order valence-electron chi connectivity index (χ0n) is 14.2. The molecule has 1 radical (unpaired) electrons. The average Bonchev–Trinajstić information content (AvgIpc) is 2.60. The number of fused-ring (bicyclic) bond motifs is 5. The lowest BCUT2D eigenvalue weighted by Gasteiger charge is -2.55. The van der Waals surface area contributed by atoms with E-state index in [1.54, 1.807) is 18.2 Å². The fourth-order valence-corrected chi connectivity index (χ4v) is 6.17. The molecule has 0 heterocycles. The molecule has 0 saturated heterocycles. The van der Waals surface area contributed by atoms with E-state index in [4.69, 9.17) is 4.74 Å². The zero-order chi connectivity index (χ0) is 15.2. The van der Waals surface area contributed by atoms with Gasteiger partial charge in [0.1, 0.15) is 5.75 Å². The predicted molar refractivity (Wildman–Crippen MR) is 90.3 cm³/mol. The van der Waals surface area contributed by atoms with E-state index < -0.39 is 0 Å². The van der Waals surface area contributed by atoms with E-state index in [9.17, 15) is 0 Å². The molecule has 22 heavy (non-hydrogen) atoms. The van der Waals surface area contributed by atoms with Gasteiger partial charge in [-0.25, -0.2) is 0 Å². The third-order valence-corrected chi connectivity index (χ3v) is 7.33. The minimum Gasteiger partial charge on any atom is -0.496 e.